The Bertz CT molecular complexity index is 464. The molecule has 1 aromatic rings. The number of aromatic nitrogens is 2. The molecule has 7 nitrogen and oxygen atoms in total. The maximum absolute atomic E-state index is 11.1. The molecule has 0 saturated heterocycles. The van der Waals surface area contributed by atoms with E-state index in [2.05, 4.69) is 20.0 Å². The van der Waals surface area contributed by atoms with E-state index in [0.717, 1.165) is 0 Å². The van der Waals surface area contributed by atoms with Crippen LogP contribution in [0.15, 0.2) is 6.20 Å². The zero-order chi connectivity index (χ0) is 12.2. The summed E-state index contributed by atoms with van der Waals surface area (Å²) in [6.45, 7) is 0.180. The monoisotopic (exact) mass is 265 g/mol. The summed E-state index contributed by atoms with van der Waals surface area (Å²) in [5.41, 5.74) is 5.36. The van der Waals surface area contributed by atoms with Crippen LogP contribution < -0.4 is 15.8 Å². The highest BCUT2D eigenvalue weighted by atomic mass is 35.5. The van der Waals surface area contributed by atoms with Crippen LogP contribution in [-0.2, 0) is 10.0 Å². The number of hydrogen-bond donors (Lipinski definition) is 3. The summed E-state index contributed by atoms with van der Waals surface area (Å²) in [4.78, 5) is 7.50. The van der Waals surface area contributed by atoms with E-state index in [1.807, 2.05) is 0 Å². The summed E-state index contributed by atoms with van der Waals surface area (Å²) in [5, 5.41) is 3.05. The first-order valence-electron chi connectivity index (χ1n) is 4.38. The molecule has 0 aliphatic heterocycles. The van der Waals surface area contributed by atoms with Crippen LogP contribution in [0, 0.1) is 0 Å². The van der Waals surface area contributed by atoms with E-state index >= 15 is 0 Å². The van der Waals surface area contributed by atoms with Gasteiger partial charge in [-0.2, -0.15) is 4.98 Å². The molecule has 0 atom stereocenters. The van der Waals surface area contributed by atoms with Crippen LogP contribution in [-0.4, -0.2) is 37.7 Å². The summed E-state index contributed by atoms with van der Waals surface area (Å²) >= 11 is 5.77. The lowest BCUT2D eigenvalue weighted by atomic mass is 10.5. The fraction of sp³-hybridized carbons (Fsp3) is 0.429. The first kappa shape index (κ1) is 12.9. The fourth-order valence-corrected chi connectivity index (χ4v) is 1.64. The number of sulfonamides is 1. The Labute approximate surface area is 98.5 Å². The number of hydrogen-bond acceptors (Lipinski definition) is 6. The smallest absolute Gasteiger partial charge is 0.222 e. The summed E-state index contributed by atoms with van der Waals surface area (Å²) in [5.74, 6) is 0.313. The van der Waals surface area contributed by atoms with E-state index in [1.165, 1.54) is 13.2 Å². The lowest BCUT2D eigenvalue weighted by Crippen LogP contribution is -2.26. The topological polar surface area (TPSA) is 110 Å². The zero-order valence-corrected chi connectivity index (χ0v) is 10.1. The standard InChI is InChI=1S/C7H12ClN5O2S/c1-10-16(14,15)3-2-11-6-5(8)4-12-7(9)13-6/h4,10H,2-3H2,1H3,(H3,9,11,12,13). The van der Waals surface area contributed by atoms with Crippen molar-refractivity contribution in [3.63, 3.8) is 0 Å². The third-order valence-electron chi connectivity index (χ3n) is 1.74. The van der Waals surface area contributed by atoms with Crippen LogP contribution >= 0.6 is 11.6 Å². The maximum atomic E-state index is 11.1. The molecule has 0 aromatic carbocycles. The van der Waals surface area contributed by atoms with E-state index in [4.69, 9.17) is 17.3 Å². The fourth-order valence-electron chi connectivity index (χ4n) is 0.911. The highest BCUT2D eigenvalue weighted by Gasteiger charge is 2.08. The Kier molecular flexibility index (Phi) is 4.27. The number of nitrogens with two attached hydrogens (primary N) is 1. The zero-order valence-electron chi connectivity index (χ0n) is 8.57. The van der Waals surface area contributed by atoms with Gasteiger partial charge in [-0.15, -0.1) is 0 Å². The second kappa shape index (κ2) is 5.28. The first-order valence-corrected chi connectivity index (χ1v) is 6.41. The van der Waals surface area contributed by atoms with Crippen molar-refractivity contribution >= 4 is 33.4 Å². The summed E-state index contributed by atoms with van der Waals surface area (Å²) in [6, 6.07) is 0. The van der Waals surface area contributed by atoms with Gasteiger partial charge in [0.05, 0.1) is 11.9 Å². The van der Waals surface area contributed by atoms with Crippen molar-refractivity contribution in [3.05, 3.63) is 11.2 Å². The number of halogens is 1. The van der Waals surface area contributed by atoms with Gasteiger partial charge in [0.2, 0.25) is 16.0 Å². The number of nitrogens with one attached hydrogen (secondary N) is 2. The van der Waals surface area contributed by atoms with Crippen LogP contribution in [0.3, 0.4) is 0 Å². The number of rotatable bonds is 5. The van der Waals surface area contributed by atoms with Crippen LogP contribution in [0.5, 0.6) is 0 Å². The van der Waals surface area contributed by atoms with Crippen LogP contribution in [0.4, 0.5) is 11.8 Å². The molecule has 0 bridgehead atoms. The molecule has 0 aliphatic rings. The Balaban J connectivity index is 2.59. The van der Waals surface area contributed by atoms with E-state index < -0.39 is 10.0 Å². The van der Waals surface area contributed by atoms with E-state index in [1.54, 1.807) is 0 Å². The van der Waals surface area contributed by atoms with Gasteiger partial charge in [0.1, 0.15) is 5.02 Å². The summed E-state index contributed by atoms with van der Waals surface area (Å²) in [6.07, 6.45) is 1.35. The molecule has 4 N–H and O–H groups in total. The second-order valence-corrected chi connectivity index (χ2v) is 5.33. The average Bonchev–Trinajstić information content (AvgIpc) is 2.23. The van der Waals surface area contributed by atoms with Crippen molar-refractivity contribution in [1.82, 2.24) is 14.7 Å². The lowest BCUT2D eigenvalue weighted by Gasteiger charge is -2.07. The Morgan fingerprint density at radius 2 is 2.25 bits per heavy atom. The van der Waals surface area contributed by atoms with Crippen molar-refractivity contribution in [1.29, 1.82) is 0 Å². The number of nitrogen functional groups attached to an aromatic ring is 1. The Morgan fingerprint density at radius 3 is 2.88 bits per heavy atom. The number of anilines is 2. The molecule has 0 radical (unpaired) electrons. The average molecular weight is 266 g/mol. The van der Waals surface area contributed by atoms with Gasteiger partial charge >= 0.3 is 0 Å². The van der Waals surface area contributed by atoms with Crippen molar-refractivity contribution in [2.24, 2.45) is 0 Å². The van der Waals surface area contributed by atoms with Crippen molar-refractivity contribution in [2.45, 2.75) is 0 Å². The second-order valence-electron chi connectivity index (χ2n) is 2.87. The van der Waals surface area contributed by atoms with Gasteiger partial charge in [0, 0.05) is 6.54 Å². The Morgan fingerprint density at radius 1 is 1.56 bits per heavy atom. The minimum Gasteiger partial charge on any atom is -0.368 e. The maximum Gasteiger partial charge on any atom is 0.222 e. The van der Waals surface area contributed by atoms with Crippen LogP contribution in [0.2, 0.25) is 5.02 Å². The molecule has 0 fully saturated rings. The largest absolute Gasteiger partial charge is 0.368 e. The highest BCUT2D eigenvalue weighted by Crippen LogP contribution is 2.17. The lowest BCUT2D eigenvalue weighted by molar-refractivity contribution is 0.588. The minimum atomic E-state index is -3.24. The summed E-state index contributed by atoms with van der Waals surface area (Å²) in [7, 11) is -1.89. The van der Waals surface area contributed by atoms with Gasteiger partial charge in [-0.1, -0.05) is 11.6 Å². The quantitative estimate of drug-likeness (QED) is 0.673. The van der Waals surface area contributed by atoms with Gasteiger partial charge in [-0.05, 0) is 7.05 Å². The van der Waals surface area contributed by atoms with Crippen molar-refractivity contribution < 1.29 is 8.42 Å². The van der Waals surface area contributed by atoms with E-state index in [-0.39, 0.29) is 23.3 Å². The minimum absolute atomic E-state index is 0.0726. The predicted molar refractivity (Wildman–Crippen MR) is 62.8 cm³/mol. The predicted octanol–water partition coefficient (Wildman–Crippen LogP) is -0.327. The first-order chi connectivity index (χ1) is 7.44. The van der Waals surface area contributed by atoms with Gasteiger partial charge in [0.25, 0.3) is 0 Å². The van der Waals surface area contributed by atoms with Crippen molar-refractivity contribution in [2.75, 3.05) is 30.4 Å². The molecule has 1 rings (SSSR count). The van der Waals surface area contributed by atoms with E-state index in [0.29, 0.717) is 5.82 Å². The summed E-state index contributed by atoms with van der Waals surface area (Å²) < 4.78 is 24.4. The van der Waals surface area contributed by atoms with Gasteiger partial charge < -0.3 is 11.1 Å². The molecule has 0 unspecified atom stereocenters. The molecule has 0 aliphatic carbocycles. The molecule has 0 spiro atoms. The van der Waals surface area contributed by atoms with Gasteiger partial charge in [-0.25, -0.2) is 18.1 Å². The normalized spacial score (nSPS) is 11.4. The number of nitrogens with zero attached hydrogens (tertiary/aromatic N) is 2. The van der Waals surface area contributed by atoms with Crippen LogP contribution in [0.25, 0.3) is 0 Å². The van der Waals surface area contributed by atoms with Crippen LogP contribution in [0.1, 0.15) is 0 Å². The van der Waals surface area contributed by atoms with Gasteiger partial charge in [0.15, 0.2) is 5.82 Å². The van der Waals surface area contributed by atoms with Crippen molar-refractivity contribution in [3.8, 4) is 0 Å². The molecule has 90 valence electrons. The molecular weight excluding hydrogens is 254 g/mol. The Hall–Kier alpha value is -1.12. The molecule has 0 amide bonds. The molecule has 1 aromatic heterocycles. The molecule has 9 heteroatoms. The molecule has 16 heavy (non-hydrogen) atoms. The SMILES string of the molecule is CNS(=O)(=O)CCNc1nc(N)ncc1Cl. The van der Waals surface area contributed by atoms with E-state index in [9.17, 15) is 8.42 Å². The molecule has 1 heterocycles. The third-order valence-corrected chi connectivity index (χ3v) is 3.38. The molecular formula is C7H12ClN5O2S. The molecule has 0 saturated carbocycles. The van der Waals surface area contributed by atoms with Gasteiger partial charge in [-0.3, -0.25) is 0 Å². The third kappa shape index (κ3) is 3.80. The highest BCUT2D eigenvalue weighted by molar-refractivity contribution is 7.89.